The van der Waals surface area contributed by atoms with Crippen molar-refractivity contribution >= 4 is 35.2 Å². The highest BCUT2D eigenvalue weighted by molar-refractivity contribution is 6.32. The van der Waals surface area contributed by atoms with Gasteiger partial charge in [0.15, 0.2) is 17.2 Å². The quantitative estimate of drug-likeness (QED) is 0.255. The summed E-state index contributed by atoms with van der Waals surface area (Å²) in [6.07, 6.45) is 1.40. The Bertz CT molecular complexity index is 1110. The van der Waals surface area contributed by atoms with Crippen LogP contribution in [0.4, 0.5) is 5.69 Å². The zero-order valence-electron chi connectivity index (χ0n) is 17.5. The minimum Gasteiger partial charge on any atom is -0.490 e. The molecule has 0 aromatic heterocycles. The second-order valence-corrected chi connectivity index (χ2v) is 7.43. The summed E-state index contributed by atoms with van der Waals surface area (Å²) >= 11 is 6.37. The van der Waals surface area contributed by atoms with E-state index < -0.39 is 10.9 Å². The number of hydrogen-bond donors (Lipinski definition) is 0. The maximum absolute atomic E-state index is 12.3. The minimum absolute atomic E-state index is 0.00441. The van der Waals surface area contributed by atoms with E-state index in [0.717, 1.165) is 0 Å². The third-order valence-corrected chi connectivity index (χ3v) is 4.54. The number of carbonyl (C=O) groups is 1. The van der Waals surface area contributed by atoms with Crippen LogP contribution in [-0.2, 0) is 9.53 Å². The Hall–Kier alpha value is -3.39. The Morgan fingerprint density at radius 1 is 1.29 bits per heavy atom. The number of halogens is 1. The first-order valence-corrected chi connectivity index (χ1v) is 9.98. The predicted molar refractivity (Wildman–Crippen MR) is 117 cm³/mol. The molecule has 0 aliphatic carbocycles. The smallest absolute Gasteiger partial charge is 0.363 e. The van der Waals surface area contributed by atoms with Gasteiger partial charge in [-0.25, -0.2) is 9.79 Å². The maximum Gasteiger partial charge on any atom is 0.363 e. The summed E-state index contributed by atoms with van der Waals surface area (Å²) < 4.78 is 16.6. The van der Waals surface area contributed by atoms with Crippen LogP contribution in [0.3, 0.4) is 0 Å². The molecule has 0 fully saturated rings. The lowest BCUT2D eigenvalue weighted by Crippen LogP contribution is -2.08. The highest BCUT2D eigenvalue weighted by atomic mass is 35.5. The number of benzene rings is 2. The number of hydrogen-bond acceptors (Lipinski definition) is 7. The van der Waals surface area contributed by atoms with E-state index in [1.54, 1.807) is 31.2 Å². The first kappa shape index (κ1) is 22.3. The first-order chi connectivity index (χ1) is 14.7. The van der Waals surface area contributed by atoms with Crippen LogP contribution in [0, 0.1) is 17.0 Å². The number of nitrogens with zero attached hydrogens (tertiary/aromatic N) is 2. The first-order valence-electron chi connectivity index (χ1n) is 9.60. The van der Waals surface area contributed by atoms with Crippen molar-refractivity contribution in [3.63, 3.8) is 0 Å². The molecule has 162 valence electrons. The Labute approximate surface area is 184 Å². The highest BCUT2D eigenvalue weighted by Crippen LogP contribution is 2.38. The fourth-order valence-electron chi connectivity index (χ4n) is 2.91. The molecule has 1 heterocycles. The Morgan fingerprint density at radius 3 is 2.68 bits per heavy atom. The van der Waals surface area contributed by atoms with E-state index in [-0.39, 0.29) is 23.4 Å². The summed E-state index contributed by atoms with van der Waals surface area (Å²) in [6, 6.07) is 7.84. The van der Waals surface area contributed by atoms with E-state index in [1.807, 2.05) is 20.8 Å². The molecule has 2 aromatic rings. The van der Waals surface area contributed by atoms with E-state index in [1.165, 1.54) is 12.1 Å². The van der Waals surface area contributed by atoms with Gasteiger partial charge in [-0.05, 0) is 57.5 Å². The minimum atomic E-state index is -0.671. The Morgan fingerprint density at radius 2 is 2.03 bits per heavy atom. The summed E-state index contributed by atoms with van der Waals surface area (Å²) in [6.45, 7) is 7.62. The summed E-state index contributed by atoms with van der Waals surface area (Å²) in [5, 5.41) is 11.5. The van der Waals surface area contributed by atoms with E-state index in [9.17, 15) is 14.9 Å². The number of esters is 1. The molecule has 0 saturated carbocycles. The molecule has 9 heteroatoms. The van der Waals surface area contributed by atoms with Gasteiger partial charge in [-0.1, -0.05) is 17.7 Å². The van der Waals surface area contributed by atoms with Gasteiger partial charge in [-0.2, -0.15) is 0 Å². The molecule has 3 rings (SSSR count). The van der Waals surface area contributed by atoms with Crippen molar-refractivity contribution in [2.75, 3.05) is 6.61 Å². The molecular formula is C22H21ClN2O6. The molecule has 1 aliphatic rings. The van der Waals surface area contributed by atoms with Crippen LogP contribution in [0.5, 0.6) is 11.5 Å². The maximum atomic E-state index is 12.3. The number of cyclic esters (lactones) is 1. The topological polar surface area (TPSA) is 100 Å². The highest BCUT2D eigenvalue weighted by Gasteiger charge is 2.26. The standard InChI is InChI=1S/C22H21ClN2O6/c1-5-29-19-10-14(8-16(23)20(19)30-12(2)3)9-17-22(26)31-21(24-17)15-7-6-13(4)18(11-15)25(27)28/h6-12H,5H2,1-4H3/b17-9-. The SMILES string of the molecule is CCOc1cc(/C=C2\N=C(c3ccc(C)c([N+](=O)[O-])c3)OC2=O)cc(Cl)c1OC(C)C. The van der Waals surface area contributed by atoms with Crippen molar-refractivity contribution in [1.82, 2.24) is 0 Å². The normalized spacial score (nSPS) is 14.6. The number of rotatable bonds is 7. The van der Waals surface area contributed by atoms with Crippen LogP contribution >= 0.6 is 11.6 Å². The number of aryl methyl sites for hydroxylation is 1. The van der Waals surface area contributed by atoms with Crippen LogP contribution in [0.25, 0.3) is 6.08 Å². The molecule has 0 saturated heterocycles. The molecule has 0 atom stereocenters. The van der Waals surface area contributed by atoms with Crippen LogP contribution in [0.1, 0.15) is 37.5 Å². The fourth-order valence-corrected chi connectivity index (χ4v) is 3.18. The molecule has 0 N–H and O–H groups in total. The number of aliphatic imine (C=N–C) groups is 1. The number of nitro groups is 1. The molecule has 0 spiro atoms. The van der Waals surface area contributed by atoms with E-state index in [0.29, 0.717) is 39.8 Å². The molecule has 0 bridgehead atoms. The van der Waals surface area contributed by atoms with Crippen LogP contribution in [-0.4, -0.2) is 29.5 Å². The van der Waals surface area contributed by atoms with Crippen molar-refractivity contribution < 1.29 is 23.9 Å². The fraction of sp³-hybridized carbons (Fsp3) is 0.273. The second-order valence-electron chi connectivity index (χ2n) is 7.02. The largest absolute Gasteiger partial charge is 0.490 e. The number of carbonyl (C=O) groups excluding carboxylic acids is 1. The summed E-state index contributed by atoms with van der Waals surface area (Å²) in [5.74, 6) is 0.191. The lowest BCUT2D eigenvalue weighted by molar-refractivity contribution is -0.385. The van der Waals surface area contributed by atoms with E-state index in [2.05, 4.69) is 4.99 Å². The Balaban J connectivity index is 1.98. The number of ether oxygens (including phenoxy) is 3. The van der Waals surface area contributed by atoms with Crippen molar-refractivity contribution in [2.24, 2.45) is 4.99 Å². The molecule has 0 amide bonds. The number of nitro benzene ring substituents is 1. The van der Waals surface area contributed by atoms with E-state index in [4.69, 9.17) is 25.8 Å². The molecule has 8 nitrogen and oxygen atoms in total. The van der Waals surface area contributed by atoms with Crippen LogP contribution in [0.15, 0.2) is 41.0 Å². The molecule has 0 radical (unpaired) electrons. The lowest BCUT2D eigenvalue weighted by Gasteiger charge is -2.16. The third-order valence-electron chi connectivity index (χ3n) is 4.26. The van der Waals surface area contributed by atoms with Gasteiger partial charge in [-0.3, -0.25) is 10.1 Å². The zero-order valence-corrected chi connectivity index (χ0v) is 18.2. The molecule has 0 unspecified atom stereocenters. The van der Waals surface area contributed by atoms with Gasteiger partial charge in [0.05, 0.1) is 22.7 Å². The summed E-state index contributed by atoms with van der Waals surface area (Å²) in [7, 11) is 0. The summed E-state index contributed by atoms with van der Waals surface area (Å²) in [4.78, 5) is 27.2. The Kier molecular flexibility index (Phi) is 6.60. The average Bonchev–Trinajstić information content (AvgIpc) is 3.05. The van der Waals surface area contributed by atoms with Crippen LogP contribution in [0.2, 0.25) is 5.02 Å². The van der Waals surface area contributed by atoms with Gasteiger partial charge in [0.1, 0.15) is 0 Å². The van der Waals surface area contributed by atoms with Crippen molar-refractivity contribution in [2.45, 2.75) is 33.8 Å². The summed E-state index contributed by atoms with van der Waals surface area (Å²) in [5.41, 5.74) is 1.35. The molecule has 2 aromatic carbocycles. The molecule has 31 heavy (non-hydrogen) atoms. The van der Waals surface area contributed by atoms with E-state index >= 15 is 0 Å². The van der Waals surface area contributed by atoms with Gasteiger partial charge < -0.3 is 14.2 Å². The zero-order chi connectivity index (χ0) is 22.7. The van der Waals surface area contributed by atoms with Gasteiger partial charge in [0.2, 0.25) is 5.90 Å². The average molecular weight is 445 g/mol. The van der Waals surface area contributed by atoms with Gasteiger partial charge >= 0.3 is 5.97 Å². The third kappa shape index (κ3) is 5.03. The lowest BCUT2D eigenvalue weighted by atomic mass is 10.1. The van der Waals surface area contributed by atoms with Gasteiger partial charge in [0, 0.05) is 17.2 Å². The molecule has 1 aliphatic heterocycles. The van der Waals surface area contributed by atoms with Gasteiger partial charge in [0.25, 0.3) is 5.69 Å². The van der Waals surface area contributed by atoms with Crippen molar-refractivity contribution in [1.29, 1.82) is 0 Å². The van der Waals surface area contributed by atoms with Crippen molar-refractivity contribution in [3.05, 3.63) is 67.9 Å². The van der Waals surface area contributed by atoms with Gasteiger partial charge in [-0.15, -0.1) is 0 Å². The monoisotopic (exact) mass is 444 g/mol. The predicted octanol–water partition coefficient (Wildman–Crippen LogP) is 5.09. The van der Waals surface area contributed by atoms with Crippen LogP contribution < -0.4 is 9.47 Å². The molecular weight excluding hydrogens is 424 g/mol. The second kappa shape index (κ2) is 9.18. The van der Waals surface area contributed by atoms with Crippen molar-refractivity contribution in [3.8, 4) is 11.5 Å².